The SMILES string of the molecule is CCOCCN(CCCC(C)(CO)NC)CCOCC. The Hall–Kier alpha value is -0.200. The lowest BCUT2D eigenvalue weighted by Gasteiger charge is -2.29. The average molecular weight is 290 g/mol. The van der Waals surface area contributed by atoms with Gasteiger partial charge >= 0.3 is 0 Å². The molecule has 2 N–H and O–H groups in total. The number of rotatable bonds is 14. The van der Waals surface area contributed by atoms with Gasteiger partial charge in [0.05, 0.1) is 19.8 Å². The highest BCUT2D eigenvalue weighted by atomic mass is 16.5. The van der Waals surface area contributed by atoms with Crippen LogP contribution >= 0.6 is 0 Å². The second-order valence-corrected chi connectivity index (χ2v) is 5.31. The van der Waals surface area contributed by atoms with E-state index in [1.54, 1.807) is 0 Å². The molecular formula is C15H34N2O3. The highest BCUT2D eigenvalue weighted by molar-refractivity contribution is 4.80. The summed E-state index contributed by atoms with van der Waals surface area (Å²) in [6.45, 7) is 12.2. The molecule has 0 amide bonds. The Kier molecular flexibility index (Phi) is 12.4. The number of aliphatic hydroxyl groups excluding tert-OH is 1. The summed E-state index contributed by atoms with van der Waals surface area (Å²) in [5, 5.41) is 12.6. The molecular weight excluding hydrogens is 256 g/mol. The monoisotopic (exact) mass is 290 g/mol. The van der Waals surface area contributed by atoms with Crippen molar-refractivity contribution >= 4 is 0 Å². The lowest BCUT2D eigenvalue weighted by atomic mass is 9.97. The molecule has 5 nitrogen and oxygen atoms in total. The fraction of sp³-hybridized carbons (Fsp3) is 1.00. The minimum atomic E-state index is -0.175. The topological polar surface area (TPSA) is 54.0 Å². The van der Waals surface area contributed by atoms with Gasteiger partial charge in [0.1, 0.15) is 0 Å². The third-order valence-electron chi connectivity index (χ3n) is 3.67. The Balaban J connectivity index is 3.99. The van der Waals surface area contributed by atoms with Gasteiger partial charge in [-0.25, -0.2) is 0 Å². The molecule has 0 saturated heterocycles. The maximum Gasteiger partial charge on any atom is 0.0610 e. The number of nitrogens with one attached hydrogen (secondary N) is 1. The third kappa shape index (κ3) is 9.66. The normalized spacial score (nSPS) is 14.7. The number of nitrogens with zero attached hydrogens (tertiary/aromatic N) is 1. The van der Waals surface area contributed by atoms with Crippen LogP contribution in [0, 0.1) is 0 Å². The molecule has 0 heterocycles. The summed E-state index contributed by atoms with van der Waals surface area (Å²) < 4.78 is 10.9. The van der Waals surface area contributed by atoms with Crippen LogP contribution in [-0.4, -0.2) is 75.3 Å². The first-order valence-electron chi connectivity index (χ1n) is 7.79. The van der Waals surface area contributed by atoms with Gasteiger partial charge in [-0.3, -0.25) is 4.90 Å². The molecule has 122 valence electrons. The van der Waals surface area contributed by atoms with E-state index < -0.39 is 0 Å². The van der Waals surface area contributed by atoms with Crippen LogP contribution in [0.4, 0.5) is 0 Å². The molecule has 0 bridgehead atoms. The molecule has 0 aliphatic rings. The molecule has 1 unspecified atom stereocenters. The number of aliphatic hydroxyl groups is 1. The Morgan fingerprint density at radius 3 is 2.00 bits per heavy atom. The second-order valence-electron chi connectivity index (χ2n) is 5.31. The minimum absolute atomic E-state index is 0.168. The molecule has 0 rings (SSSR count). The number of ether oxygens (including phenoxy) is 2. The summed E-state index contributed by atoms with van der Waals surface area (Å²) in [7, 11) is 1.90. The molecule has 0 saturated carbocycles. The Morgan fingerprint density at radius 1 is 1.05 bits per heavy atom. The smallest absolute Gasteiger partial charge is 0.0610 e. The standard InChI is InChI=1S/C15H34N2O3/c1-5-19-12-10-17(11-13-20-6-2)9-7-8-15(3,14-18)16-4/h16,18H,5-14H2,1-4H3. The van der Waals surface area contributed by atoms with E-state index in [2.05, 4.69) is 17.1 Å². The molecule has 0 aromatic rings. The summed E-state index contributed by atoms with van der Waals surface area (Å²) in [4.78, 5) is 2.37. The van der Waals surface area contributed by atoms with Gasteiger partial charge in [-0.15, -0.1) is 0 Å². The summed E-state index contributed by atoms with van der Waals surface area (Å²) in [6.07, 6.45) is 2.01. The van der Waals surface area contributed by atoms with Crippen molar-refractivity contribution in [3.63, 3.8) is 0 Å². The van der Waals surface area contributed by atoms with Crippen LogP contribution in [-0.2, 0) is 9.47 Å². The highest BCUT2D eigenvalue weighted by Crippen LogP contribution is 2.11. The zero-order chi connectivity index (χ0) is 15.3. The van der Waals surface area contributed by atoms with Crippen LogP contribution in [0.2, 0.25) is 0 Å². The molecule has 5 heteroatoms. The van der Waals surface area contributed by atoms with Crippen molar-refractivity contribution in [3.05, 3.63) is 0 Å². The molecule has 0 fully saturated rings. The van der Waals surface area contributed by atoms with E-state index in [9.17, 15) is 5.11 Å². The molecule has 0 radical (unpaired) electrons. The average Bonchev–Trinajstić information content (AvgIpc) is 2.47. The first kappa shape index (κ1) is 19.8. The van der Waals surface area contributed by atoms with Gasteiger partial charge in [0, 0.05) is 31.8 Å². The molecule has 0 aromatic heterocycles. The Bertz CT molecular complexity index is 201. The van der Waals surface area contributed by atoms with Gasteiger partial charge in [-0.1, -0.05) is 0 Å². The minimum Gasteiger partial charge on any atom is -0.394 e. The molecule has 20 heavy (non-hydrogen) atoms. The predicted octanol–water partition coefficient (Wildman–Crippen LogP) is 1.11. The van der Waals surface area contributed by atoms with Crippen LogP contribution in [0.5, 0.6) is 0 Å². The van der Waals surface area contributed by atoms with E-state index in [1.165, 1.54) is 0 Å². The Labute approximate surface area is 124 Å². The summed E-state index contributed by atoms with van der Waals surface area (Å²) >= 11 is 0. The number of hydrogen-bond donors (Lipinski definition) is 2. The summed E-state index contributed by atoms with van der Waals surface area (Å²) in [5.74, 6) is 0. The van der Waals surface area contributed by atoms with E-state index in [0.717, 1.165) is 58.9 Å². The third-order valence-corrected chi connectivity index (χ3v) is 3.67. The van der Waals surface area contributed by atoms with Crippen molar-refractivity contribution in [3.8, 4) is 0 Å². The lowest BCUT2D eigenvalue weighted by Crippen LogP contribution is -2.44. The van der Waals surface area contributed by atoms with Crippen LogP contribution in [0.15, 0.2) is 0 Å². The second kappa shape index (κ2) is 12.5. The van der Waals surface area contributed by atoms with Gasteiger partial charge < -0.3 is 19.9 Å². The molecule has 1 atom stereocenters. The van der Waals surface area contributed by atoms with Crippen molar-refractivity contribution in [1.82, 2.24) is 10.2 Å². The number of hydrogen-bond acceptors (Lipinski definition) is 5. The summed E-state index contributed by atoms with van der Waals surface area (Å²) in [6, 6.07) is 0. The van der Waals surface area contributed by atoms with Crippen molar-refractivity contribution in [2.24, 2.45) is 0 Å². The van der Waals surface area contributed by atoms with Crippen molar-refractivity contribution in [2.45, 2.75) is 39.2 Å². The molecule has 0 aromatic carbocycles. The molecule has 0 aliphatic carbocycles. The Morgan fingerprint density at radius 2 is 1.60 bits per heavy atom. The van der Waals surface area contributed by atoms with Crippen LogP contribution in [0.3, 0.4) is 0 Å². The van der Waals surface area contributed by atoms with Crippen molar-refractivity contribution < 1.29 is 14.6 Å². The van der Waals surface area contributed by atoms with Gasteiger partial charge in [-0.2, -0.15) is 0 Å². The fourth-order valence-electron chi connectivity index (χ4n) is 1.99. The van der Waals surface area contributed by atoms with Gasteiger partial charge in [-0.05, 0) is 47.2 Å². The van der Waals surface area contributed by atoms with Crippen LogP contribution in [0.1, 0.15) is 33.6 Å². The van der Waals surface area contributed by atoms with E-state index in [0.29, 0.717) is 0 Å². The maximum absolute atomic E-state index is 9.38. The van der Waals surface area contributed by atoms with Gasteiger partial charge in [0.2, 0.25) is 0 Å². The molecule has 0 spiro atoms. The van der Waals surface area contributed by atoms with Gasteiger partial charge in [0.25, 0.3) is 0 Å². The largest absolute Gasteiger partial charge is 0.394 e. The first-order valence-corrected chi connectivity index (χ1v) is 7.79. The maximum atomic E-state index is 9.38. The van der Waals surface area contributed by atoms with Gasteiger partial charge in [0.15, 0.2) is 0 Å². The van der Waals surface area contributed by atoms with Crippen molar-refractivity contribution in [2.75, 3.05) is 59.7 Å². The van der Waals surface area contributed by atoms with E-state index in [-0.39, 0.29) is 12.1 Å². The van der Waals surface area contributed by atoms with Crippen LogP contribution < -0.4 is 5.32 Å². The zero-order valence-electron chi connectivity index (χ0n) is 13.8. The van der Waals surface area contributed by atoms with E-state index in [4.69, 9.17) is 9.47 Å². The van der Waals surface area contributed by atoms with E-state index in [1.807, 2.05) is 20.9 Å². The first-order chi connectivity index (χ1) is 9.61. The lowest BCUT2D eigenvalue weighted by molar-refractivity contribution is 0.0797. The predicted molar refractivity (Wildman–Crippen MR) is 83.2 cm³/mol. The zero-order valence-corrected chi connectivity index (χ0v) is 13.8. The van der Waals surface area contributed by atoms with E-state index >= 15 is 0 Å². The highest BCUT2D eigenvalue weighted by Gasteiger charge is 2.20. The quantitative estimate of drug-likeness (QED) is 0.469. The fourth-order valence-corrected chi connectivity index (χ4v) is 1.99. The van der Waals surface area contributed by atoms with Crippen molar-refractivity contribution in [1.29, 1.82) is 0 Å². The summed E-state index contributed by atoms with van der Waals surface area (Å²) in [5.41, 5.74) is -0.175. The molecule has 0 aliphatic heterocycles. The van der Waals surface area contributed by atoms with Crippen LogP contribution in [0.25, 0.3) is 0 Å². The number of likely N-dealkylation sites (N-methyl/N-ethyl adjacent to an activating group) is 1.